The van der Waals surface area contributed by atoms with Crippen LogP contribution in [0, 0.1) is 11.3 Å². The van der Waals surface area contributed by atoms with Crippen LogP contribution >= 0.6 is 7.82 Å². The van der Waals surface area contributed by atoms with Crippen molar-refractivity contribution in [2.75, 3.05) is 26.1 Å². The molecule has 0 aromatic carbocycles. The number of nitrogens with zero attached hydrogens (tertiary/aromatic N) is 5. The minimum atomic E-state index is -3.05. The third-order valence-corrected chi connectivity index (χ3v) is 5.98. The summed E-state index contributed by atoms with van der Waals surface area (Å²) in [4.78, 5) is 12.4. The van der Waals surface area contributed by atoms with Crippen molar-refractivity contribution in [3.8, 4) is 6.07 Å². The predicted octanol–water partition coefficient (Wildman–Crippen LogP) is 0.513. The van der Waals surface area contributed by atoms with Gasteiger partial charge in [0, 0.05) is 7.11 Å². The first kappa shape index (κ1) is 18.5. The maximum Gasteiger partial charge on any atom is 0.488 e. The molecule has 2 saturated heterocycles. The molecular formula is C14H17BN6O5P+. The molecule has 2 fully saturated rings. The number of hydrogen-bond donors (Lipinski definition) is 1. The lowest BCUT2D eigenvalue weighted by atomic mass is 10.1. The lowest BCUT2D eigenvalue weighted by Crippen LogP contribution is -2.41. The van der Waals surface area contributed by atoms with Gasteiger partial charge in [0.2, 0.25) is 0 Å². The number of nitrogens with two attached hydrogens (primary N) is 1. The summed E-state index contributed by atoms with van der Waals surface area (Å²) >= 11 is 0. The summed E-state index contributed by atoms with van der Waals surface area (Å²) in [6.07, 6.45) is 1.12. The second-order valence-electron chi connectivity index (χ2n) is 6.00. The molecule has 0 spiro atoms. The molecule has 11 nitrogen and oxygen atoms in total. The fourth-order valence-corrected chi connectivity index (χ4v) is 4.66. The summed E-state index contributed by atoms with van der Waals surface area (Å²) in [6, 6.07) is 1.98. The standard InChI is InChI=1S/C14H17BN6O5P/c1-22-11-10-8(5-24-27(15,26-10)23-4-2-3-16)25-14(11)21-7-20-9-12(17)18-6-19-13(9)21/h6-8,10-11,14H,2,4-5H2,1H3,(H2,17,18,19)/q+1/t8-,10+,11+,14-,27?/m1/s1. The third kappa shape index (κ3) is 3.27. The van der Waals surface area contributed by atoms with Gasteiger partial charge >= 0.3 is 15.4 Å². The second-order valence-corrected chi connectivity index (χ2v) is 7.80. The zero-order chi connectivity index (χ0) is 19.0. The van der Waals surface area contributed by atoms with Crippen LogP contribution in [-0.2, 0) is 23.0 Å². The highest BCUT2D eigenvalue weighted by atomic mass is 31.2. The quantitative estimate of drug-likeness (QED) is 0.436. The number of aromatic nitrogens is 4. The van der Waals surface area contributed by atoms with Gasteiger partial charge in [0.05, 0.1) is 18.8 Å². The van der Waals surface area contributed by atoms with Gasteiger partial charge in [0.1, 0.15) is 37.3 Å². The zero-order valence-corrected chi connectivity index (χ0v) is 15.4. The van der Waals surface area contributed by atoms with Crippen molar-refractivity contribution >= 4 is 32.4 Å². The number of nitrogen functional groups attached to an aromatic ring is 1. The van der Waals surface area contributed by atoms with Gasteiger partial charge in [-0.15, -0.1) is 0 Å². The zero-order valence-electron chi connectivity index (χ0n) is 14.5. The van der Waals surface area contributed by atoms with Crippen LogP contribution in [0.5, 0.6) is 0 Å². The maximum atomic E-state index is 8.65. The summed E-state index contributed by atoms with van der Waals surface area (Å²) in [5.74, 6) is 0.278. The van der Waals surface area contributed by atoms with Crippen LogP contribution in [0.3, 0.4) is 0 Å². The van der Waals surface area contributed by atoms with Gasteiger partial charge in [0.15, 0.2) is 23.8 Å². The summed E-state index contributed by atoms with van der Waals surface area (Å²) in [5.41, 5.74) is 6.85. The van der Waals surface area contributed by atoms with Crippen molar-refractivity contribution in [3.05, 3.63) is 12.7 Å². The molecule has 13 heteroatoms. The summed E-state index contributed by atoms with van der Waals surface area (Å²) < 4.78 is 30.4. The molecule has 0 aliphatic carbocycles. The van der Waals surface area contributed by atoms with E-state index >= 15 is 0 Å². The molecule has 4 heterocycles. The molecule has 4 rings (SSSR count). The van der Waals surface area contributed by atoms with Crippen molar-refractivity contribution in [1.82, 2.24) is 19.5 Å². The fourth-order valence-electron chi connectivity index (χ4n) is 3.16. The summed E-state index contributed by atoms with van der Waals surface area (Å²) in [6.45, 7) is 0.310. The Labute approximate surface area is 156 Å². The van der Waals surface area contributed by atoms with Crippen molar-refractivity contribution in [2.45, 2.75) is 31.0 Å². The van der Waals surface area contributed by atoms with E-state index in [1.165, 1.54) is 6.33 Å². The number of rotatable bonds is 5. The van der Waals surface area contributed by atoms with Gasteiger partial charge < -0.3 is 15.2 Å². The number of fused-ring (bicyclic) bond motifs is 2. The molecule has 2 N–H and O–H groups in total. The van der Waals surface area contributed by atoms with Gasteiger partial charge in [-0.25, -0.2) is 15.0 Å². The lowest BCUT2D eigenvalue weighted by molar-refractivity contribution is -0.0638. The van der Waals surface area contributed by atoms with Crippen molar-refractivity contribution < 1.29 is 23.0 Å². The van der Waals surface area contributed by atoms with E-state index in [-0.39, 0.29) is 25.5 Å². The number of hydrogen-bond acceptors (Lipinski definition) is 10. The molecule has 27 heavy (non-hydrogen) atoms. The Morgan fingerprint density at radius 1 is 1.48 bits per heavy atom. The van der Waals surface area contributed by atoms with Crippen LogP contribution in [0.4, 0.5) is 5.82 Å². The Kier molecular flexibility index (Phi) is 4.98. The van der Waals surface area contributed by atoms with E-state index in [1.54, 1.807) is 18.0 Å². The van der Waals surface area contributed by atoms with Gasteiger partial charge in [-0.2, -0.15) is 18.8 Å². The van der Waals surface area contributed by atoms with Gasteiger partial charge in [-0.3, -0.25) is 4.57 Å². The maximum absolute atomic E-state index is 8.65. The molecule has 1 unspecified atom stereocenters. The molecule has 140 valence electrons. The van der Waals surface area contributed by atoms with Crippen LogP contribution in [0.25, 0.3) is 11.2 Å². The topological polar surface area (TPSA) is 140 Å². The van der Waals surface area contributed by atoms with E-state index < -0.39 is 32.4 Å². The van der Waals surface area contributed by atoms with Crippen LogP contribution in [-0.4, -0.2) is 65.7 Å². The molecule has 5 atom stereocenters. The van der Waals surface area contributed by atoms with E-state index in [2.05, 4.69) is 15.0 Å². The van der Waals surface area contributed by atoms with Crippen molar-refractivity contribution in [2.24, 2.45) is 0 Å². The van der Waals surface area contributed by atoms with E-state index in [1.807, 2.05) is 6.07 Å². The number of nitriles is 1. The highest BCUT2D eigenvalue weighted by Crippen LogP contribution is 2.63. The third-order valence-electron chi connectivity index (χ3n) is 4.39. The Balaban J connectivity index is 1.59. The number of anilines is 1. The average molecular weight is 391 g/mol. The van der Waals surface area contributed by atoms with E-state index in [0.717, 1.165) is 0 Å². The molecule has 0 amide bonds. The SMILES string of the molecule is [B][P+]1(OCCC#N)OC[C@H]2O[C@@H](n3cnc4c(N)ncnc43)[C@@H](OC)[C@H]2O1. The minimum absolute atomic E-state index is 0.127. The highest BCUT2D eigenvalue weighted by molar-refractivity contribution is 7.85. The van der Waals surface area contributed by atoms with Gasteiger partial charge in [-0.05, 0) is 0 Å². The lowest BCUT2D eigenvalue weighted by Gasteiger charge is -2.31. The molecular weight excluding hydrogens is 374 g/mol. The minimum Gasteiger partial charge on any atom is -0.382 e. The van der Waals surface area contributed by atoms with E-state index in [0.29, 0.717) is 11.2 Å². The molecule has 0 bridgehead atoms. The largest absolute Gasteiger partial charge is 0.488 e. The average Bonchev–Trinajstić information content (AvgIpc) is 3.23. The summed E-state index contributed by atoms with van der Waals surface area (Å²) in [7, 11) is 4.61. The smallest absolute Gasteiger partial charge is 0.382 e. The highest BCUT2D eigenvalue weighted by Gasteiger charge is 2.59. The first-order valence-corrected chi connectivity index (χ1v) is 9.81. The van der Waals surface area contributed by atoms with E-state index in [9.17, 15) is 0 Å². The second kappa shape index (κ2) is 7.28. The van der Waals surface area contributed by atoms with Crippen LogP contribution in [0.1, 0.15) is 12.6 Å². The Morgan fingerprint density at radius 3 is 3.11 bits per heavy atom. The number of methoxy groups -OCH3 is 1. The summed E-state index contributed by atoms with van der Waals surface area (Å²) in [5, 5.41) is 8.65. The number of imidazole rings is 1. The van der Waals surface area contributed by atoms with Gasteiger partial charge in [-0.1, -0.05) is 0 Å². The number of ether oxygens (including phenoxy) is 2. The Bertz CT molecular complexity index is 879. The predicted molar refractivity (Wildman–Crippen MR) is 94.1 cm³/mol. The molecule has 2 aliphatic rings. The molecule has 2 aromatic rings. The van der Waals surface area contributed by atoms with Gasteiger partial charge in [0.25, 0.3) is 0 Å². The fraction of sp³-hybridized carbons (Fsp3) is 0.571. The van der Waals surface area contributed by atoms with Crippen LogP contribution < -0.4 is 5.73 Å². The van der Waals surface area contributed by atoms with E-state index in [4.69, 9.17) is 41.6 Å². The molecule has 2 aliphatic heterocycles. The van der Waals surface area contributed by atoms with Crippen molar-refractivity contribution in [3.63, 3.8) is 0 Å². The van der Waals surface area contributed by atoms with Crippen molar-refractivity contribution in [1.29, 1.82) is 5.26 Å². The Hall–Kier alpha value is -1.87. The molecule has 0 saturated carbocycles. The van der Waals surface area contributed by atoms with Crippen LogP contribution in [0.2, 0.25) is 0 Å². The molecule has 2 aromatic heterocycles. The normalized spacial score (nSPS) is 33.0. The monoisotopic (exact) mass is 391 g/mol. The molecule has 2 radical (unpaired) electrons. The first-order chi connectivity index (χ1) is 13.1. The first-order valence-electron chi connectivity index (χ1n) is 8.19. The Morgan fingerprint density at radius 2 is 2.33 bits per heavy atom. The van der Waals surface area contributed by atoms with Crippen LogP contribution in [0.15, 0.2) is 12.7 Å².